The number of thioether (sulfide) groups is 1. The molecule has 0 unspecified atom stereocenters. The lowest BCUT2D eigenvalue weighted by molar-refractivity contribution is 0.279. The molecule has 0 aliphatic carbocycles. The van der Waals surface area contributed by atoms with Gasteiger partial charge in [0.05, 0.1) is 19.7 Å². The number of halogens is 1. The number of hydrogen-bond acceptors (Lipinski definition) is 6. The molecule has 0 saturated heterocycles. The van der Waals surface area contributed by atoms with E-state index in [9.17, 15) is 0 Å². The molecule has 8 heteroatoms. The highest BCUT2D eigenvalue weighted by atomic mass is 35.5. The first-order valence-electron chi connectivity index (χ1n) is 10.3. The molecule has 0 spiro atoms. The summed E-state index contributed by atoms with van der Waals surface area (Å²) < 4.78 is 13.8. The molecule has 0 bridgehead atoms. The second kappa shape index (κ2) is 10.7. The van der Waals surface area contributed by atoms with Crippen LogP contribution in [0.3, 0.4) is 0 Å². The van der Waals surface area contributed by atoms with Gasteiger partial charge in [0.25, 0.3) is 0 Å². The van der Waals surface area contributed by atoms with Crippen molar-refractivity contribution in [1.82, 2.24) is 19.7 Å². The largest absolute Gasteiger partial charge is 0.493 e. The number of rotatable bonds is 10. The number of ether oxygens (including phenoxy) is 1. The third-order valence-corrected chi connectivity index (χ3v) is 6.08. The highest BCUT2D eigenvalue weighted by molar-refractivity contribution is 7.99. The minimum atomic E-state index is 0.615. The van der Waals surface area contributed by atoms with E-state index in [2.05, 4.69) is 15.1 Å². The third kappa shape index (κ3) is 5.94. The fourth-order valence-corrected chi connectivity index (χ4v) is 4.18. The fraction of sp³-hybridized carbons (Fsp3) is 0.250. The first-order valence-corrected chi connectivity index (χ1v) is 11.7. The summed E-state index contributed by atoms with van der Waals surface area (Å²) in [5.41, 5.74) is 0.970. The van der Waals surface area contributed by atoms with Crippen LogP contribution in [-0.2, 0) is 20.1 Å². The van der Waals surface area contributed by atoms with Crippen molar-refractivity contribution in [3.05, 3.63) is 83.3 Å². The van der Waals surface area contributed by atoms with Gasteiger partial charge >= 0.3 is 0 Å². The minimum absolute atomic E-state index is 0.615. The number of nitrogens with zero attached hydrogens (tertiary/aromatic N) is 4. The van der Waals surface area contributed by atoms with Gasteiger partial charge in [-0.3, -0.25) is 4.90 Å². The molecule has 2 aromatic heterocycles. The Bertz CT molecular complexity index is 1150. The fourth-order valence-electron chi connectivity index (χ4n) is 3.24. The van der Waals surface area contributed by atoms with Crippen molar-refractivity contribution in [2.45, 2.75) is 18.2 Å². The topological polar surface area (TPSA) is 56.3 Å². The average molecular weight is 469 g/mol. The first-order chi connectivity index (χ1) is 15.6. The molecular weight excluding hydrogens is 444 g/mol. The average Bonchev–Trinajstić information content (AvgIpc) is 3.39. The van der Waals surface area contributed by atoms with E-state index < -0.39 is 0 Å². The molecule has 0 aliphatic rings. The Morgan fingerprint density at radius 3 is 2.69 bits per heavy atom. The third-order valence-electron chi connectivity index (χ3n) is 4.86. The standard InChI is InChI=1S/C24H25ClN4O2S/c1-28(16-21-11-12-22(31-21)18-7-6-8-19(25)15-18)17-23-26-27-24(29(23)2)32-14-13-30-20-9-4-3-5-10-20/h3-12,15H,13-14,16-17H2,1-2H3. The maximum atomic E-state index is 6.09. The highest BCUT2D eigenvalue weighted by Gasteiger charge is 2.13. The molecule has 0 N–H and O–H groups in total. The zero-order chi connectivity index (χ0) is 22.3. The van der Waals surface area contributed by atoms with Crippen LogP contribution in [0.25, 0.3) is 11.3 Å². The molecule has 6 nitrogen and oxygen atoms in total. The summed E-state index contributed by atoms with van der Waals surface area (Å²) in [6.45, 7) is 1.95. The van der Waals surface area contributed by atoms with Gasteiger partial charge in [0.1, 0.15) is 23.1 Å². The van der Waals surface area contributed by atoms with Crippen LogP contribution in [0.5, 0.6) is 5.75 Å². The SMILES string of the molecule is CN(Cc1ccc(-c2cccc(Cl)c2)o1)Cc1nnc(SCCOc2ccccc2)n1C. The Morgan fingerprint density at radius 1 is 1.03 bits per heavy atom. The summed E-state index contributed by atoms with van der Waals surface area (Å²) in [4.78, 5) is 2.15. The molecule has 0 amide bonds. The number of benzene rings is 2. The van der Waals surface area contributed by atoms with Gasteiger partial charge < -0.3 is 13.7 Å². The Morgan fingerprint density at radius 2 is 1.88 bits per heavy atom. The zero-order valence-corrected chi connectivity index (χ0v) is 19.6. The van der Waals surface area contributed by atoms with Crippen molar-refractivity contribution in [2.75, 3.05) is 19.4 Å². The van der Waals surface area contributed by atoms with Crippen LogP contribution < -0.4 is 4.74 Å². The Balaban J connectivity index is 1.27. The monoisotopic (exact) mass is 468 g/mol. The summed E-state index contributed by atoms with van der Waals surface area (Å²) >= 11 is 7.72. The predicted molar refractivity (Wildman–Crippen MR) is 128 cm³/mol. The van der Waals surface area contributed by atoms with Crippen molar-refractivity contribution in [3.8, 4) is 17.1 Å². The smallest absolute Gasteiger partial charge is 0.191 e. The number of aromatic nitrogens is 3. The van der Waals surface area contributed by atoms with Crippen LogP contribution in [0, 0.1) is 0 Å². The second-order valence-electron chi connectivity index (χ2n) is 7.42. The summed E-state index contributed by atoms with van der Waals surface area (Å²) in [5, 5.41) is 10.3. The van der Waals surface area contributed by atoms with E-state index in [1.54, 1.807) is 11.8 Å². The first kappa shape index (κ1) is 22.5. The molecule has 4 aromatic rings. The Hall–Kier alpha value is -2.74. The van der Waals surface area contributed by atoms with Gasteiger partial charge in [-0.25, -0.2) is 0 Å². The normalized spacial score (nSPS) is 11.2. The summed E-state index contributed by atoms with van der Waals surface area (Å²) in [6.07, 6.45) is 0. The van der Waals surface area contributed by atoms with Crippen molar-refractivity contribution in [2.24, 2.45) is 7.05 Å². The predicted octanol–water partition coefficient (Wildman–Crippen LogP) is 5.53. The lowest BCUT2D eigenvalue weighted by Crippen LogP contribution is -2.19. The van der Waals surface area contributed by atoms with E-state index >= 15 is 0 Å². The number of para-hydroxylation sites is 1. The molecule has 0 atom stereocenters. The van der Waals surface area contributed by atoms with Crippen molar-refractivity contribution in [3.63, 3.8) is 0 Å². The Kier molecular flexibility index (Phi) is 7.52. The van der Waals surface area contributed by atoms with E-state index in [1.165, 1.54) is 0 Å². The van der Waals surface area contributed by atoms with Crippen LogP contribution in [0.2, 0.25) is 5.02 Å². The van der Waals surface area contributed by atoms with Crippen molar-refractivity contribution >= 4 is 23.4 Å². The maximum Gasteiger partial charge on any atom is 0.191 e. The molecule has 166 valence electrons. The quantitative estimate of drug-likeness (QED) is 0.225. The zero-order valence-electron chi connectivity index (χ0n) is 18.1. The van der Waals surface area contributed by atoms with Gasteiger partial charge in [0, 0.05) is 23.4 Å². The van der Waals surface area contributed by atoms with Crippen LogP contribution in [0.4, 0.5) is 0 Å². The summed E-state index contributed by atoms with van der Waals surface area (Å²) in [7, 11) is 4.03. The molecule has 0 saturated carbocycles. The van der Waals surface area contributed by atoms with Gasteiger partial charge in [-0.1, -0.05) is 53.7 Å². The summed E-state index contributed by atoms with van der Waals surface area (Å²) in [5.74, 6) is 4.28. The van der Waals surface area contributed by atoms with Crippen molar-refractivity contribution in [1.29, 1.82) is 0 Å². The van der Waals surface area contributed by atoms with Crippen LogP contribution in [0.15, 0.2) is 76.3 Å². The number of hydrogen-bond donors (Lipinski definition) is 0. The molecule has 0 fully saturated rings. The van der Waals surface area contributed by atoms with E-state index in [1.807, 2.05) is 85.4 Å². The number of furan rings is 1. The van der Waals surface area contributed by atoms with E-state index in [4.69, 9.17) is 20.8 Å². The van der Waals surface area contributed by atoms with Gasteiger partial charge in [-0.05, 0) is 43.4 Å². The maximum absolute atomic E-state index is 6.09. The van der Waals surface area contributed by atoms with Gasteiger partial charge in [0.15, 0.2) is 5.16 Å². The van der Waals surface area contributed by atoms with E-state index in [-0.39, 0.29) is 0 Å². The highest BCUT2D eigenvalue weighted by Crippen LogP contribution is 2.25. The molecule has 2 heterocycles. The lowest BCUT2D eigenvalue weighted by Gasteiger charge is -2.14. The second-order valence-corrected chi connectivity index (χ2v) is 8.91. The van der Waals surface area contributed by atoms with Crippen molar-refractivity contribution < 1.29 is 9.15 Å². The van der Waals surface area contributed by atoms with Crippen LogP contribution in [-0.4, -0.2) is 39.1 Å². The minimum Gasteiger partial charge on any atom is -0.493 e. The molecule has 32 heavy (non-hydrogen) atoms. The van der Waals surface area contributed by atoms with Crippen LogP contribution >= 0.6 is 23.4 Å². The molecular formula is C24H25ClN4O2S. The molecule has 0 aliphatic heterocycles. The molecule has 0 radical (unpaired) electrons. The Labute approximate surface area is 197 Å². The van der Waals surface area contributed by atoms with E-state index in [0.29, 0.717) is 24.7 Å². The van der Waals surface area contributed by atoms with Crippen LogP contribution in [0.1, 0.15) is 11.6 Å². The summed E-state index contributed by atoms with van der Waals surface area (Å²) in [6, 6.07) is 21.5. The molecule has 4 rings (SSSR count). The van der Waals surface area contributed by atoms with E-state index in [0.717, 1.165) is 39.6 Å². The van der Waals surface area contributed by atoms with Gasteiger partial charge in [0.2, 0.25) is 0 Å². The molecule has 2 aromatic carbocycles. The van der Waals surface area contributed by atoms with Gasteiger partial charge in [-0.2, -0.15) is 0 Å². The lowest BCUT2D eigenvalue weighted by atomic mass is 10.2. The van der Waals surface area contributed by atoms with Gasteiger partial charge in [-0.15, -0.1) is 10.2 Å².